The molecule has 0 bridgehead atoms. The average molecular weight is 355 g/mol. The third kappa shape index (κ3) is 5.32. The summed E-state index contributed by atoms with van der Waals surface area (Å²) in [6, 6.07) is 8.75. The molecule has 1 aromatic rings. The number of hydrogen-bond acceptors (Lipinski definition) is 3. The minimum absolute atomic E-state index is 0.214. The Balaban J connectivity index is 1.62. The Labute approximate surface area is 135 Å². The fourth-order valence-corrected chi connectivity index (χ4v) is 2.42. The maximum atomic E-state index is 11.8. The van der Waals surface area contributed by atoms with Crippen molar-refractivity contribution in [2.75, 3.05) is 19.6 Å². The number of nitrogens with one attached hydrogen (secondary N) is 1. The smallest absolute Gasteiger partial charge is 0.410 e. The third-order valence-electron chi connectivity index (χ3n) is 3.29. The maximum absolute atomic E-state index is 11.8. The van der Waals surface area contributed by atoms with Gasteiger partial charge in [-0.15, -0.1) is 0 Å². The number of nitrogens with zero attached hydrogens (tertiary/aromatic N) is 1. The zero-order valence-corrected chi connectivity index (χ0v) is 14.4. The molecule has 1 aromatic carbocycles. The van der Waals surface area contributed by atoms with Crippen molar-refractivity contribution in [2.24, 2.45) is 0 Å². The summed E-state index contributed by atoms with van der Waals surface area (Å²) in [6.45, 7) is 8.05. The highest BCUT2D eigenvalue weighted by Gasteiger charge is 2.33. The van der Waals surface area contributed by atoms with Crippen LogP contribution in [0, 0.1) is 0 Å². The predicted molar refractivity (Wildman–Crippen MR) is 87.4 cm³/mol. The molecule has 1 amide bonds. The Bertz CT molecular complexity index is 476. The molecular weight excluding hydrogens is 332 g/mol. The molecule has 0 unspecified atom stereocenters. The minimum atomic E-state index is -0.419. The van der Waals surface area contributed by atoms with Crippen LogP contribution >= 0.6 is 15.9 Å². The van der Waals surface area contributed by atoms with Crippen LogP contribution in [0.2, 0.25) is 0 Å². The van der Waals surface area contributed by atoms with Gasteiger partial charge in [0.15, 0.2) is 0 Å². The molecule has 4 nitrogen and oxygen atoms in total. The SMILES string of the molecule is CC(C)(C)OC(=O)N1CC(NCCc2ccc(Br)cc2)C1. The van der Waals surface area contributed by atoms with Crippen molar-refractivity contribution >= 4 is 22.0 Å². The summed E-state index contributed by atoms with van der Waals surface area (Å²) in [4.78, 5) is 13.5. The van der Waals surface area contributed by atoms with E-state index < -0.39 is 5.60 Å². The van der Waals surface area contributed by atoms with Gasteiger partial charge in [-0.2, -0.15) is 0 Å². The van der Waals surface area contributed by atoms with Crippen LogP contribution in [0.3, 0.4) is 0 Å². The van der Waals surface area contributed by atoms with E-state index in [1.54, 1.807) is 4.90 Å². The molecule has 1 aliphatic heterocycles. The molecule has 0 aliphatic carbocycles. The number of carbonyl (C=O) groups is 1. The first-order valence-electron chi connectivity index (χ1n) is 7.29. The lowest BCUT2D eigenvalue weighted by Gasteiger charge is -2.40. The van der Waals surface area contributed by atoms with Crippen molar-refractivity contribution in [3.05, 3.63) is 34.3 Å². The van der Waals surface area contributed by atoms with Gasteiger partial charge in [0.25, 0.3) is 0 Å². The lowest BCUT2D eigenvalue weighted by molar-refractivity contribution is 0.00542. The summed E-state index contributed by atoms with van der Waals surface area (Å²) >= 11 is 3.43. The van der Waals surface area contributed by atoms with Crippen LogP contribution in [-0.2, 0) is 11.2 Å². The van der Waals surface area contributed by atoms with Gasteiger partial charge in [0, 0.05) is 23.6 Å². The standard InChI is InChI=1S/C16H23BrN2O2/c1-16(2,3)21-15(20)19-10-14(11-19)18-9-8-12-4-6-13(17)7-5-12/h4-7,14,18H,8-11H2,1-3H3. The Morgan fingerprint density at radius 1 is 1.33 bits per heavy atom. The number of likely N-dealkylation sites (tertiary alicyclic amines) is 1. The fourth-order valence-electron chi connectivity index (χ4n) is 2.15. The van der Waals surface area contributed by atoms with Crippen molar-refractivity contribution in [1.82, 2.24) is 10.2 Å². The molecule has 21 heavy (non-hydrogen) atoms. The molecule has 1 fully saturated rings. The normalized spacial score (nSPS) is 15.7. The molecule has 0 spiro atoms. The van der Waals surface area contributed by atoms with E-state index >= 15 is 0 Å². The number of ether oxygens (including phenoxy) is 1. The van der Waals surface area contributed by atoms with Crippen LogP contribution in [0.4, 0.5) is 4.79 Å². The van der Waals surface area contributed by atoms with E-state index in [-0.39, 0.29) is 6.09 Å². The highest BCUT2D eigenvalue weighted by atomic mass is 79.9. The van der Waals surface area contributed by atoms with Crippen LogP contribution in [-0.4, -0.2) is 42.3 Å². The molecule has 0 radical (unpaired) electrons. The molecule has 1 aliphatic rings. The number of benzene rings is 1. The molecule has 1 saturated heterocycles. The number of amides is 1. The first kappa shape index (κ1) is 16.3. The van der Waals surface area contributed by atoms with Gasteiger partial charge in [0.1, 0.15) is 5.60 Å². The molecule has 5 heteroatoms. The summed E-state index contributed by atoms with van der Waals surface area (Å²) < 4.78 is 6.43. The van der Waals surface area contributed by atoms with Crippen LogP contribution in [0.5, 0.6) is 0 Å². The summed E-state index contributed by atoms with van der Waals surface area (Å²) in [5, 5.41) is 3.47. The Hall–Kier alpha value is -1.07. The van der Waals surface area contributed by atoms with Crippen molar-refractivity contribution in [2.45, 2.75) is 38.8 Å². The largest absolute Gasteiger partial charge is 0.444 e. The van der Waals surface area contributed by atoms with Crippen molar-refractivity contribution < 1.29 is 9.53 Å². The molecule has 1 heterocycles. The summed E-state index contributed by atoms with van der Waals surface area (Å²) in [5.41, 5.74) is 0.894. The van der Waals surface area contributed by atoms with Crippen LogP contribution < -0.4 is 5.32 Å². The Morgan fingerprint density at radius 3 is 2.52 bits per heavy atom. The second kappa shape index (κ2) is 6.79. The topological polar surface area (TPSA) is 41.6 Å². The molecule has 116 valence electrons. The second-order valence-corrected chi connectivity index (χ2v) is 7.33. The molecule has 2 rings (SSSR count). The van der Waals surface area contributed by atoms with Crippen LogP contribution in [0.25, 0.3) is 0 Å². The van der Waals surface area contributed by atoms with Crippen molar-refractivity contribution in [1.29, 1.82) is 0 Å². The molecule has 0 atom stereocenters. The lowest BCUT2D eigenvalue weighted by atomic mass is 10.1. The summed E-state index contributed by atoms with van der Waals surface area (Å²) in [6.07, 6.45) is 0.782. The van der Waals surface area contributed by atoms with Crippen molar-refractivity contribution in [3.8, 4) is 0 Å². The quantitative estimate of drug-likeness (QED) is 0.902. The molecule has 0 saturated carbocycles. The van der Waals surface area contributed by atoms with Gasteiger partial charge in [0.05, 0.1) is 0 Å². The second-order valence-electron chi connectivity index (χ2n) is 6.41. The zero-order chi connectivity index (χ0) is 15.5. The molecular formula is C16H23BrN2O2. The Kier molecular flexibility index (Phi) is 5.27. The summed E-state index contributed by atoms with van der Waals surface area (Å²) in [7, 11) is 0. The van der Waals surface area contributed by atoms with E-state index in [0.29, 0.717) is 6.04 Å². The van der Waals surface area contributed by atoms with Gasteiger partial charge in [-0.25, -0.2) is 4.79 Å². The van der Waals surface area contributed by atoms with E-state index in [1.807, 2.05) is 20.8 Å². The Morgan fingerprint density at radius 2 is 1.95 bits per heavy atom. The van der Waals surface area contributed by atoms with E-state index in [4.69, 9.17) is 4.74 Å². The number of rotatable bonds is 4. The van der Waals surface area contributed by atoms with Gasteiger partial charge >= 0.3 is 6.09 Å². The van der Waals surface area contributed by atoms with Crippen LogP contribution in [0.15, 0.2) is 28.7 Å². The maximum Gasteiger partial charge on any atom is 0.410 e. The van der Waals surface area contributed by atoms with Gasteiger partial charge in [-0.3, -0.25) is 0 Å². The highest BCUT2D eigenvalue weighted by Crippen LogP contribution is 2.15. The summed E-state index contributed by atoms with van der Waals surface area (Å²) in [5.74, 6) is 0. The van der Waals surface area contributed by atoms with Gasteiger partial charge in [-0.1, -0.05) is 28.1 Å². The molecule has 0 aromatic heterocycles. The number of hydrogen-bond donors (Lipinski definition) is 1. The zero-order valence-electron chi connectivity index (χ0n) is 12.9. The van der Waals surface area contributed by atoms with E-state index in [9.17, 15) is 4.79 Å². The average Bonchev–Trinajstić information content (AvgIpc) is 2.32. The van der Waals surface area contributed by atoms with Gasteiger partial charge < -0.3 is 15.0 Å². The number of carbonyl (C=O) groups excluding carboxylic acids is 1. The monoisotopic (exact) mass is 354 g/mol. The third-order valence-corrected chi connectivity index (χ3v) is 3.82. The fraction of sp³-hybridized carbons (Fsp3) is 0.562. The van der Waals surface area contributed by atoms with Gasteiger partial charge in [-0.05, 0) is 51.4 Å². The van der Waals surface area contributed by atoms with Crippen LogP contribution in [0.1, 0.15) is 26.3 Å². The highest BCUT2D eigenvalue weighted by molar-refractivity contribution is 9.10. The van der Waals surface area contributed by atoms with Crippen molar-refractivity contribution in [3.63, 3.8) is 0 Å². The van der Waals surface area contributed by atoms with E-state index in [0.717, 1.165) is 30.5 Å². The first-order chi connectivity index (χ1) is 9.83. The number of halogens is 1. The minimum Gasteiger partial charge on any atom is -0.444 e. The lowest BCUT2D eigenvalue weighted by Crippen LogP contribution is -2.60. The predicted octanol–water partition coefficient (Wildman–Crippen LogP) is 3.20. The molecule has 1 N–H and O–H groups in total. The van der Waals surface area contributed by atoms with E-state index in [1.165, 1.54) is 5.56 Å². The van der Waals surface area contributed by atoms with Gasteiger partial charge in [0.2, 0.25) is 0 Å². The van der Waals surface area contributed by atoms with E-state index in [2.05, 4.69) is 45.5 Å². The first-order valence-corrected chi connectivity index (χ1v) is 8.08.